The summed E-state index contributed by atoms with van der Waals surface area (Å²) in [5, 5.41) is 9.22. The monoisotopic (exact) mass is 368 g/mol. The summed E-state index contributed by atoms with van der Waals surface area (Å²) >= 11 is 5.86. The van der Waals surface area contributed by atoms with Crippen molar-refractivity contribution in [2.24, 2.45) is 0 Å². The smallest absolute Gasteiger partial charge is 0.478 e. The molecule has 0 saturated carbocycles. The van der Waals surface area contributed by atoms with Crippen molar-refractivity contribution in [3.8, 4) is 5.75 Å². The van der Waals surface area contributed by atoms with Crippen LogP contribution in [0.5, 0.6) is 5.75 Å². The SMILES string of the molecule is O=C(O)/C=C/C=C(\c1ccc(Cl)cc1)c1ccc(OC(F)(F)F)cc1. The zero-order chi connectivity index (χ0) is 18.4. The fourth-order valence-corrected chi connectivity index (χ4v) is 2.18. The molecule has 1 N–H and O–H groups in total. The van der Waals surface area contributed by atoms with Gasteiger partial charge in [0.15, 0.2) is 0 Å². The predicted octanol–water partition coefficient (Wildman–Crippen LogP) is 5.31. The Morgan fingerprint density at radius 1 is 1.00 bits per heavy atom. The average molecular weight is 369 g/mol. The largest absolute Gasteiger partial charge is 0.573 e. The van der Waals surface area contributed by atoms with Crippen molar-refractivity contribution in [1.29, 1.82) is 0 Å². The van der Waals surface area contributed by atoms with Crippen LogP contribution in [-0.4, -0.2) is 17.4 Å². The summed E-state index contributed by atoms with van der Waals surface area (Å²) in [6.07, 6.45) is -0.916. The molecule has 0 saturated heterocycles. The van der Waals surface area contributed by atoms with Gasteiger partial charge in [0.1, 0.15) is 5.75 Å². The van der Waals surface area contributed by atoms with Gasteiger partial charge in [-0.1, -0.05) is 48.0 Å². The van der Waals surface area contributed by atoms with E-state index in [9.17, 15) is 18.0 Å². The summed E-state index contributed by atoms with van der Waals surface area (Å²) < 4.78 is 40.5. The molecule has 25 heavy (non-hydrogen) atoms. The summed E-state index contributed by atoms with van der Waals surface area (Å²) in [5.74, 6) is -1.45. The number of rotatable bonds is 5. The summed E-state index contributed by atoms with van der Waals surface area (Å²) in [6, 6.07) is 12.1. The lowest BCUT2D eigenvalue weighted by Crippen LogP contribution is -2.17. The molecule has 0 bridgehead atoms. The van der Waals surface area contributed by atoms with Gasteiger partial charge in [0, 0.05) is 11.1 Å². The van der Waals surface area contributed by atoms with Gasteiger partial charge in [-0.2, -0.15) is 0 Å². The molecule has 7 heteroatoms. The van der Waals surface area contributed by atoms with Crippen molar-refractivity contribution < 1.29 is 27.8 Å². The number of carboxylic acids is 1. The Morgan fingerprint density at radius 3 is 2.00 bits per heavy atom. The molecule has 0 aliphatic carbocycles. The van der Waals surface area contributed by atoms with E-state index in [0.717, 1.165) is 11.6 Å². The van der Waals surface area contributed by atoms with Gasteiger partial charge in [-0.3, -0.25) is 0 Å². The predicted molar refractivity (Wildman–Crippen MR) is 88.4 cm³/mol. The van der Waals surface area contributed by atoms with E-state index in [1.807, 2.05) is 0 Å². The molecule has 0 atom stereocenters. The van der Waals surface area contributed by atoms with E-state index in [1.54, 1.807) is 30.3 Å². The van der Waals surface area contributed by atoms with Gasteiger partial charge in [-0.25, -0.2) is 4.79 Å². The molecule has 0 heterocycles. The Bertz CT molecular complexity index is 792. The van der Waals surface area contributed by atoms with Crippen LogP contribution in [0.3, 0.4) is 0 Å². The molecule has 130 valence electrons. The van der Waals surface area contributed by atoms with E-state index in [4.69, 9.17) is 16.7 Å². The van der Waals surface area contributed by atoms with Gasteiger partial charge in [-0.05, 0) is 41.0 Å². The highest BCUT2D eigenvalue weighted by Gasteiger charge is 2.30. The average Bonchev–Trinajstić information content (AvgIpc) is 2.52. The van der Waals surface area contributed by atoms with Crippen LogP contribution in [0.25, 0.3) is 5.57 Å². The zero-order valence-corrected chi connectivity index (χ0v) is 13.4. The second kappa shape index (κ2) is 7.90. The van der Waals surface area contributed by atoms with E-state index >= 15 is 0 Å². The van der Waals surface area contributed by atoms with Crippen LogP contribution in [0.1, 0.15) is 11.1 Å². The Kier molecular flexibility index (Phi) is 5.88. The molecule has 0 amide bonds. The minimum atomic E-state index is -4.76. The summed E-state index contributed by atoms with van der Waals surface area (Å²) in [4.78, 5) is 10.6. The van der Waals surface area contributed by atoms with Crippen LogP contribution in [0, 0.1) is 0 Å². The molecule has 0 spiro atoms. The number of carboxylic acid groups (broad SMARTS) is 1. The molecule has 2 aromatic carbocycles. The van der Waals surface area contributed by atoms with Gasteiger partial charge >= 0.3 is 12.3 Å². The van der Waals surface area contributed by atoms with Crippen molar-refractivity contribution in [2.75, 3.05) is 0 Å². The molecular formula is C18H12ClF3O3. The molecule has 3 nitrogen and oxygen atoms in total. The van der Waals surface area contributed by atoms with Crippen molar-refractivity contribution in [1.82, 2.24) is 0 Å². The quantitative estimate of drug-likeness (QED) is 0.574. The number of ether oxygens (including phenoxy) is 1. The Labute approximate surface area is 146 Å². The molecule has 2 aromatic rings. The van der Waals surface area contributed by atoms with Crippen LogP contribution in [0.2, 0.25) is 5.02 Å². The maximum absolute atomic E-state index is 12.2. The van der Waals surface area contributed by atoms with E-state index < -0.39 is 12.3 Å². The molecule has 0 fully saturated rings. The first-order chi connectivity index (χ1) is 11.7. The number of alkyl halides is 3. The number of hydrogen-bond donors (Lipinski definition) is 1. The molecule has 0 aliphatic rings. The van der Waals surface area contributed by atoms with Gasteiger partial charge < -0.3 is 9.84 Å². The van der Waals surface area contributed by atoms with E-state index in [0.29, 0.717) is 16.2 Å². The highest BCUT2D eigenvalue weighted by Crippen LogP contribution is 2.28. The van der Waals surface area contributed by atoms with Crippen molar-refractivity contribution in [2.45, 2.75) is 6.36 Å². The van der Waals surface area contributed by atoms with E-state index in [1.165, 1.54) is 30.3 Å². The summed E-state index contributed by atoms with van der Waals surface area (Å²) in [6.45, 7) is 0. The number of benzene rings is 2. The molecule has 0 aromatic heterocycles. The van der Waals surface area contributed by atoms with Crippen molar-refractivity contribution in [3.63, 3.8) is 0 Å². The Morgan fingerprint density at radius 2 is 1.52 bits per heavy atom. The number of hydrogen-bond acceptors (Lipinski definition) is 2. The summed E-state index contributed by atoms with van der Waals surface area (Å²) in [5.41, 5.74) is 1.93. The molecule has 0 aliphatic heterocycles. The van der Waals surface area contributed by atoms with E-state index in [-0.39, 0.29) is 5.75 Å². The standard InChI is InChI=1S/C18H12ClF3O3/c19-14-8-4-12(5-9-14)16(2-1-3-17(23)24)13-6-10-15(11-7-13)25-18(20,21)22/h1-11H,(H,23,24)/b3-1+,16-2+. The number of aliphatic carboxylic acids is 1. The van der Waals surface area contributed by atoms with E-state index in [2.05, 4.69) is 4.74 Å². The van der Waals surface area contributed by atoms with Crippen molar-refractivity contribution in [3.05, 3.63) is 82.9 Å². The number of carbonyl (C=O) groups is 1. The second-order valence-electron chi connectivity index (χ2n) is 4.86. The molecule has 0 unspecified atom stereocenters. The lowest BCUT2D eigenvalue weighted by atomic mass is 9.97. The molecular weight excluding hydrogens is 357 g/mol. The number of halogens is 4. The maximum atomic E-state index is 12.2. The minimum Gasteiger partial charge on any atom is -0.478 e. The topological polar surface area (TPSA) is 46.5 Å². The molecule has 0 radical (unpaired) electrons. The highest BCUT2D eigenvalue weighted by molar-refractivity contribution is 6.30. The first kappa shape index (κ1) is 18.6. The van der Waals surface area contributed by atoms with Crippen molar-refractivity contribution >= 4 is 23.1 Å². The van der Waals surface area contributed by atoms with Gasteiger partial charge in [-0.15, -0.1) is 13.2 Å². The van der Waals surface area contributed by atoms with Crippen LogP contribution < -0.4 is 4.74 Å². The third kappa shape index (κ3) is 6.00. The van der Waals surface area contributed by atoms with Crippen LogP contribution >= 0.6 is 11.6 Å². The maximum Gasteiger partial charge on any atom is 0.573 e. The third-order valence-corrected chi connectivity index (χ3v) is 3.31. The second-order valence-corrected chi connectivity index (χ2v) is 5.29. The fraction of sp³-hybridized carbons (Fsp3) is 0.0556. The normalized spacial score (nSPS) is 12.4. The van der Waals surface area contributed by atoms with Crippen LogP contribution in [0.4, 0.5) is 13.2 Å². The lowest BCUT2D eigenvalue weighted by Gasteiger charge is -2.11. The van der Waals surface area contributed by atoms with Crippen LogP contribution in [0.15, 0.2) is 66.8 Å². The lowest BCUT2D eigenvalue weighted by molar-refractivity contribution is -0.274. The van der Waals surface area contributed by atoms with Gasteiger partial charge in [0.05, 0.1) is 0 Å². The fourth-order valence-electron chi connectivity index (χ4n) is 2.05. The third-order valence-electron chi connectivity index (χ3n) is 3.06. The van der Waals surface area contributed by atoms with Crippen LogP contribution in [-0.2, 0) is 4.79 Å². The Balaban J connectivity index is 2.38. The summed E-state index contributed by atoms with van der Waals surface area (Å²) in [7, 11) is 0. The zero-order valence-electron chi connectivity index (χ0n) is 12.6. The van der Waals surface area contributed by atoms with Gasteiger partial charge in [0.2, 0.25) is 0 Å². The first-order valence-corrected chi connectivity index (χ1v) is 7.36. The minimum absolute atomic E-state index is 0.340. The molecule has 2 rings (SSSR count). The number of allylic oxidation sites excluding steroid dienone is 2. The van der Waals surface area contributed by atoms with Gasteiger partial charge in [0.25, 0.3) is 0 Å². The Hall–Kier alpha value is -2.73. The first-order valence-electron chi connectivity index (χ1n) is 6.98. The highest BCUT2D eigenvalue weighted by atomic mass is 35.5.